The summed E-state index contributed by atoms with van der Waals surface area (Å²) in [5.74, 6) is -1.73. The van der Waals surface area contributed by atoms with Crippen LogP contribution in [0.5, 0.6) is 5.75 Å². The van der Waals surface area contributed by atoms with Crippen molar-refractivity contribution in [1.29, 1.82) is 0 Å². The van der Waals surface area contributed by atoms with Crippen LogP contribution in [0, 0.1) is 5.82 Å². The Morgan fingerprint density at radius 2 is 2.19 bits per heavy atom. The van der Waals surface area contributed by atoms with Crippen molar-refractivity contribution < 1.29 is 23.8 Å². The van der Waals surface area contributed by atoms with Gasteiger partial charge < -0.3 is 20.5 Å². The Labute approximate surface area is 181 Å². The predicted molar refractivity (Wildman–Crippen MR) is 115 cm³/mol. The van der Waals surface area contributed by atoms with Crippen molar-refractivity contribution in [2.24, 2.45) is 0 Å². The fourth-order valence-electron chi connectivity index (χ4n) is 3.74. The van der Waals surface area contributed by atoms with Crippen LogP contribution >= 0.6 is 11.3 Å². The summed E-state index contributed by atoms with van der Waals surface area (Å²) in [5.41, 5.74) is 2.73. The zero-order chi connectivity index (χ0) is 22.0. The summed E-state index contributed by atoms with van der Waals surface area (Å²) >= 11 is 1.35. The number of carboxylic acid groups (broad SMARTS) is 1. The lowest BCUT2D eigenvalue weighted by atomic mass is 9.88. The summed E-state index contributed by atoms with van der Waals surface area (Å²) in [5, 5.41) is 17.8. The van der Waals surface area contributed by atoms with Crippen molar-refractivity contribution >= 4 is 28.3 Å². The second-order valence-corrected chi connectivity index (χ2v) is 7.99. The number of carbonyl (C=O) groups is 2. The van der Waals surface area contributed by atoms with Gasteiger partial charge >= 0.3 is 5.97 Å². The second kappa shape index (κ2) is 8.83. The van der Waals surface area contributed by atoms with Gasteiger partial charge in [0.2, 0.25) is 5.91 Å². The SMILES string of the molecule is COc1cc2c(cc1-c1ccc(F)c(C(=O)O)c1)[C@@H](CC(=O)Nc1nccs1)NCC2. The fraction of sp³-hybridized carbons (Fsp3) is 0.227. The number of thiazole rings is 1. The Hall–Kier alpha value is -3.30. The monoisotopic (exact) mass is 441 g/mol. The molecule has 0 saturated heterocycles. The van der Waals surface area contributed by atoms with E-state index in [1.54, 1.807) is 11.6 Å². The molecule has 0 bridgehead atoms. The number of methoxy groups -OCH3 is 1. The van der Waals surface area contributed by atoms with E-state index < -0.39 is 17.3 Å². The molecule has 1 atom stereocenters. The Kier molecular flexibility index (Phi) is 5.97. The van der Waals surface area contributed by atoms with E-state index in [0.29, 0.717) is 28.6 Å². The molecule has 0 radical (unpaired) electrons. The van der Waals surface area contributed by atoms with Gasteiger partial charge in [0, 0.05) is 29.6 Å². The molecule has 0 spiro atoms. The van der Waals surface area contributed by atoms with E-state index in [0.717, 1.165) is 23.6 Å². The molecule has 0 saturated carbocycles. The van der Waals surface area contributed by atoms with Crippen LogP contribution in [0.25, 0.3) is 11.1 Å². The highest BCUT2D eigenvalue weighted by Gasteiger charge is 2.25. The number of amides is 1. The number of aromatic nitrogens is 1. The minimum absolute atomic E-state index is 0.160. The van der Waals surface area contributed by atoms with E-state index >= 15 is 0 Å². The quantitative estimate of drug-likeness (QED) is 0.537. The lowest BCUT2D eigenvalue weighted by molar-refractivity contribution is -0.116. The number of hydrogen-bond acceptors (Lipinski definition) is 6. The van der Waals surface area contributed by atoms with E-state index in [9.17, 15) is 19.1 Å². The van der Waals surface area contributed by atoms with Crippen LogP contribution in [0.2, 0.25) is 0 Å². The first-order chi connectivity index (χ1) is 15.0. The minimum Gasteiger partial charge on any atom is -0.496 e. The van der Waals surface area contributed by atoms with Crippen LogP contribution in [0.1, 0.15) is 33.9 Å². The molecule has 9 heteroatoms. The lowest BCUT2D eigenvalue weighted by Crippen LogP contribution is -2.32. The number of halogens is 1. The molecule has 160 valence electrons. The number of carbonyl (C=O) groups excluding carboxylic acids is 1. The summed E-state index contributed by atoms with van der Waals surface area (Å²) in [6.45, 7) is 0.713. The van der Waals surface area contributed by atoms with E-state index in [4.69, 9.17) is 4.74 Å². The first-order valence-corrected chi connectivity index (χ1v) is 10.5. The minimum atomic E-state index is -1.34. The largest absolute Gasteiger partial charge is 0.496 e. The average Bonchev–Trinajstić information content (AvgIpc) is 3.26. The summed E-state index contributed by atoms with van der Waals surface area (Å²) in [6.07, 6.45) is 2.60. The number of nitrogens with zero attached hydrogens (tertiary/aromatic N) is 1. The van der Waals surface area contributed by atoms with Crippen LogP contribution < -0.4 is 15.4 Å². The highest BCUT2D eigenvalue weighted by atomic mass is 32.1. The molecule has 1 aliphatic rings. The van der Waals surface area contributed by atoms with Gasteiger partial charge in [-0.3, -0.25) is 4.79 Å². The third-order valence-corrected chi connectivity index (χ3v) is 5.89. The second-order valence-electron chi connectivity index (χ2n) is 7.10. The van der Waals surface area contributed by atoms with Gasteiger partial charge in [-0.25, -0.2) is 14.2 Å². The first kappa shape index (κ1) is 21.0. The molecule has 2 heterocycles. The van der Waals surface area contributed by atoms with Gasteiger partial charge in [-0.1, -0.05) is 6.07 Å². The van der Waals surface area contributed by atoms with Crippen molar-refractivity contribution in [3.8, 4) is 16.9 Å². The van der Waals surface area contributed by atoms with E-state index in [1.807, 2.05) is 12.1 Å². The maximum atomic E-state index is 13.9. The van der Waals surface area contributed by atoms with E-state index in [-0.39, 0.29) is 18.4 Å². The number of carboxylic acids is 1. The molecule has 7 nitrogen and oxygen atoms in total. The third kappa shape index (κ3) is 4.42. The Bertz CT molecular complexity index is 1130. The highest BCUT2D eigenvalue weighted by molar-refractivity contribution is 7.13. The number of anilines is 1. The highest BCUT2D eigenvalue weighted by Crippen LogP contribution is 2.38. The van der Waals surface area contributed by atoms with Crippen LogP contribution in [-0.4, -0.2) is 35.6 Å². The summed E-state index contributed by atoms with van der Waals surface area (Å²) in [7, 11) is 1.53. The molecular formula is C22H20FN3O4S. The molecule has 0 aliphatic carbocycles. The van der Waals surface area contributed by atoms with Gasteiger partial charge in [0.1, 0.15) is 11.6 Å². The van der Waals surface area contributed by atoms with Gasteiger partial charge in [0.05, 0.1) is 12.7 Å². The topological polar surface area (TPSA) is 101 Å². The number of hydrogen-bond donors (Lipinski definition) is 3. The molecule has 3 aromatic rings. The predicted octanol–water partition coefficient (Wildman–Crippen LogP) is 3.87. The molecule has 2 aromatic carbocycles. The molecule has 3 N–H and O–H groups in total. The average molecular weight is 441 g/mol. The molecular weight excluding hydrogens is 421 g/mol. The fourth-order valence-corrected chi connectivity index (χ4v) is 4.29. The molecule has 1 amide bonds. The van der Waals surface area contributed by atoms with Crippen LogP contribution in [0.4, 0.5) is 9.52 Å². The number of fused-ring (bicyclic) bond motifs is 1. The van der Waals surface area contributed by atoms with Gasteiger partial charge in [0.25, 0.3) is 0 Å². The standard InChI is InChI=1S/C22H20FN3O4S/c1-30-19-9-13-4-5-24-18(11-20(27)26-22-25-6-7-31-22)14(13)10-15(19)12-2-3-17(23)16(8-12)21(28)29/h2-3,6-10,18,24H,4-5,11H2,1H3,(H,28,29)(H,25,26,27)/t18-/m1/s1. The molecule has 4 rings (SSSR count). The molecule has 0 unspecified atom stereocenters. The van der Waals surface area contributed by atoms with Crippen LogP contribution in [-0.2, 0) is 11.2 Å². The molecule has 1 aliphatic heterocycles. The van der Waals surface area contributed by atoms with Crippen molar-refractivity contribution in [1.82, 2.24) is 10.3 Å². The number of nitrogens with one attached hydrogen (secondary N) is 2. The summed E-state index contributed by atoms with van der Waals surface area (Å²) < 4.78 is 19.4. The number of ether oxygens (including phenoxy) is 1. The summed E-state index contributed by atoms with van der Waals surface area (Å²) in [4.78, 5) is 27.9. The van der Waals surface area contributed by atoms with Crippen molar-refractivity contribution in [2.45, 2.75) is 18.9 Å². The van der Waals surface area contributed by atoms with Crippen LogP contribution in [0.3, 0.4) is 0 Å². The van der Waals surface area contributed by atoms with E-state index in [1.165, 1.54) is 30.6 Å². The van der Waals surface area contributed by atoms with Gasteiger partial charge in [-0.2, -0.15) is 0 Å². The molecule has 31 heavy (non-hydrogen) atoms. The zero-order valence-corrected chi connectivity index (χ0v) is 17.5. The summed E-state index contributed by atoms with van der Waals surface area (Å²) in [6, 6.07) is 7.51. The first-order valence-electron chi connectivity index (χ1n) is 9.63. The van der Waals surface area contributed by atoms with Crippen molar-refractivity contribution in [3.63, 3.8) is 0 Å². The number of benzene rings is 2. The number of aromatic carboxylic acids is 1. The number of rotatable bonds is 6. The normalized spacial score (nSPS) is 15.2. The van der Waals surface area contributed by atoms with Gasteiger partial charge in [-0.15, -0.1) is 11.3 Å². The lowest BCUT2D eigenvalue weighted by Gasteiger charge is -2.28. The Balaban J connectivity index is 1.69. The smallest absolute Gasteiger partial charge is 0.338 e. The zero-order valence-electron chi connectivity index (χ0n) is 16.6. The van der Waals surface area contributed by atoms with E-state index in [2.05, 4.69) is 15.6 Å². The molecule has 0 fully saturated rings. The maximum absolute atomic E-state index is 13.9. The van der Waals surface area contributed by atoms with Crippen LogP contribution in [0.15, 0.2) is 41.9 Å². The third-order valence-electron chi connectivity index (χ3n) is 5.20. The van der Waals surface area contributed by atoms with Gasteiger partial charge in [0.15, 0.2) is 5.13 Å². The maximum Gasteiger partial charge on any atom is 0.338 e. The van der Waals surface area contributed by atoms with Crippen molar-refractivity contribution in [2.75, 3.05) is 19.0 Å². The Morgan fingerprint density at radius 1 is 1.35 bits per heavy atom. The van der Waals surface area contributed by atoms with Gasteiger partial charge in [-0.05, 0) is 53.9 Å². The molecule has 1 aromatic heterocycles. The Morgan fingerprint density at radius 3 is 2.90 bits per heavy atom. The van der Waals surface area contributed by atoms with Crippen molar-refractivity contribution in [3.05, 3.63) is 64.4 Å².